The molecule has 0 unspecified atom stereocenters. The number of carbonyl (C=O) groups excluding carboxylic acids is 1. The lowest BCUT2D eigenvalue weighted by Gasteiger charge is -2.09. The Morgan fingerprint density at radius 1 is 1.50 bits per heavy atom. The van der Waals surface area contributed by atoms with Crippen molar-refractivity contribution in [1.82, 2.24) is 10.5 Å². The first kappa shape index (κ1) is 11.3. The maximum absolute atomic E-state index is 11.8. The van der Waals surface area contributed by atoms with Gasteiger partial charge >= 0.3 is 5.97 Å². The lowest BCUT2D eigenvalue weighted by atomic mass is 10.1. The molecule has 18 heavy (non-hydrogen) atoms. The third kappa shape index (κ3) is 1.98. The quantitative estimate of drug-likeness (QED) is 0.817. The molecular weight excluding hydrogens is 236 g/mol. The average Bonchev–Trinajstić information content (AvgIpc) is 3.26. The van der Waals surface area contributed by atoms with Crippen LogP contribution in [0.3, 0.4) is 0 Å². The Hall–Kier alpha value is -1.85. The number of aromatic nitrogens is 1. The van der Waals surface area contributed by atoms with Gasteiger partial charge in [0.1, 0.15) is 5.76 Å². The third-order valence-electron chi connectivity index (χ3n) is 3.64. The lowest BCUT2D eigenvalue weighted by Crippen LogP contribution is -2.34. The highest BCUT2D eigenvalue weighted by Gasteiger charge is 2.50. The second kappa shape index (κ2) is 3.83. The first-order valence-corrected chi connectivity index (χ1v) is 6.09. The number of carboxylic acid groups (broad SMARTS) is 1. The minimum Gasteiger partial charge on any atom is -0.481 e. The number of amides is 1. The van der Waals surface area contributed by atoms with Crippen LogP contribution in [0.5, 0.6) is 0 Å². The van der Waals surface area contributed by atoms with Crippen molar-refractivity contribution in [2.24, 2.45) is 5.41 Å². The van der Waals surface area contributed by atoms with Gasteiger partial charge in [0.05, 0.1) is 5.41 Å². The molecule has 6 heteroatoms. The number of carboxylic acids is 1. The normalized spacial score (nSPS) is 20.4. The molecule has 2 aliphatic carbocycles. The van der Waals surface area contributed by atoms with E-state index in [1.165, 1.54) is 0 Å². The highest BCUT2D eigenvalue weighted by Crippen LogP contribution is 2.45. The van der Waals surface area contributed by atoms with Crippen LogP contribution in [0.15, 0.2) is 10.6 Å². The minimum absolute atomic E-state index is 0.160. The number of hydrogen-bond acceptors (Lipinski definition) is 4. The number of hydrogen-bond donors (Lipinski definition) is 2. The Labute approximate surface area is 103 Å². The van der Waals surface area contributed by atoms with Crippen molar-refractivity contribution in [3.8, 4) is 0 Å². The molecule has 0 atom stereocenters. The van der Waals surface area contributed by atoms with E-state index in [4.69, 9.17) is 9.63 Å². The Bertz CT molecular complexity index is 500. The second-order valence-electron chi connectivity index (χ2n) is 5.16. The van der Waals surface area contributed by atoms with Crippen molar-refractivity contribution in [1.29, 1.82) is 0 Å². The molecule has 1 aromatic rings. The predicted molar refractivity (Wildman–Crippen MR) is 60.1 cm³/mol. The van der Waals surface area contributed by atoms with Gasteiger partial charge in [-0.3, -0.25) is 9.59 Å². The van der Waals surface area contributed by atoms with Crippen molar-refractivity contribution in [3.63, 3.8) is 0 Å². The number of carbonyl (C=O) groups is 2. The molecule has 0 bridgehead atoms. The summed E-state index contributed by atoms with van der Waals surface area (Å²) in [5, 5.41) is 15.3. The van der Waals surface area contributed by atoms with Gasteiger partial charge in [0, 0.05) is 18.5 Å². The third-order valence-corrected chi connectivity index (χ3v) is 3.64. The topological polar surface area (TPSA) is 92.4 Å². The molecule has 0 saturated heterocycles. The molecular formula is C12H14N2O4. The molecule has 0 aromatic carbocycles. The number of rotatable bonds is 5. The van der Waals surface area contributed by atoms with Crippen LogP contribution >= 0.6 is 0 Å². The molecule has 2 N–H and O–H groups in total. The van der Waals surface area contributed by atoms with Crippen LogP contribution in [0.4, 0.5) is 0 Å². The van der Waals surface area contributed by atoms with Crippen LogP contribution in [0, 0.1) is 5.41 Å². The fraction of sp³-hybridized carbons (Fsp3) is 0.583. The van der Waals surface area contributed by atoms with E-state index in [0.717, 1.165) is 18.6 Å². The molecule has 96 valence electrons. The Kier molecular flexibility index (Phi) is 2.39. The van der Waals surface area contributed by atoms with Gasteiger partial charge in [-0.15, -0.1) is 0 Å². The zero-order chi connectivity index (χ0) is 12.8. The van der Waals surface area contributed by atoms with E-state index in [-0.39, 0.29) is 18.1 Å². The minimum atomic E-state index is -0.846. The molecule has 0 spiro atoms. The molecule has 1 amide bonds. The van der Waals surface area contributed by atoms with Gasteiger partial charge in [0.15, 0.2) is 5.69 Å². The molecule has 1 aromatic heterocycles. The van der Waals surface area contributed by atoms with E-state index >= 15 is 0 Å². The van der Waals surface area contributed by atoms with Crippen LogP contribution in [0.1, 0.15) is 47.8 Å². The van der Waals surface area contributed by atoms with E-state index < -0.39 is 11.4 Å². The van der Waals surface area contributed by atoms with Gasteiger partial charge in [-0.2, -0.15) is 0 Å². The van der Waals surface area contributed by atoms with Gasteiger partial charge in [0.2, 0.25) is 0 Å². The number of aliphatic carboxylic acids is 1. The summed E-state index contributed by atoms with van der Waals surface area (Å²) in [6.07, 6.45) is 3.40. The van der Waals surface area contributed by atoms with Crippen molar-refractivity contribution in [2.45, 2.75) is 31.6 Å². The molecule has 6 nitrogen and oxygen atoms in total. The fourth-order valence-corrected chi connectivity index (χ4v) is 1.91. The number of nitrogens with zero attached hydrogens (tertiary/aromatic N) is 1. The maximum atomic E-state index is 11.8. The van der Waals surface area contributed by atoms with Crippen molar-refractivity contribution >= 4 is 11.9 Å². The monoisotopic (exact) mass is 250 g/mol. The summed E-state index contributed by atoms with van der Waals surface area (Å²) >= 11 is 0. The van der Waals surface area contributed by atoms with Crippen molar-refractivity contribution in [3.05, 3.63) is 17.5 Å². The largest absolute Gasteiger partial charge is 0.481 e. The zero-order valence-corrected chi connectivity index (χ0v) is 9.81. The highest BCUT2D eigenvalue weighted by molar-refractivity contribution is 5.92. The van der Waals surface area contributed by atoms with Crippen LogP contribution in [0.25, 0.3) is 0 Å². The first-order valence-electron chi connectivity index (χ1n) is 6.09. The standard InChI is InChI=1S/C12H14N2O4/c15-10(13-6-12(3-4-12)11(16)17)8-5-9(18-14-8)7-1-2-7/h5,7H,1-4,6H2,(H,13,15)(H,16,17). The van der Waals surface area contributed by atoms with E-state index in [2.05, 4.69) is 10.5 Å². The lowest BCUT2D eigenvalue weighted by molar-refractivity contribution is -0.143. The Balaban J connectivity index is 1.59. The van der Waals surface area contributed by atoms with Crippen molar-refractivity contribution in [2.75, 3.05) is 6.54 Å². The molecule has 2 fully saturated rings. The van der Waals surface area contributed by atoms with Crippen LogP contribution in [-0.4, -0.2) is 28.7 Å². The summed E-state index contributed by atoms with van der Waals surface area (Å²) in [7, 11) is 0. The average molecular weight is 250 g/mol. The summed E-state index contributed by atoms with van der Waals surface area (Å²) < 4.78 is 5.08. The van der Waals surface area contributed by atoms with Crippen LogP contribution in [-0.2, 0) is 4.79 Å². The number of nitrogens with one attached hydrogen (secondary N) is 1. The Morgan fingerprint density at radius 2 is 2.22 bits per heavy atom. The molecule has 0 radical (unpaired) electrons. The maximum Gasteiger partial charge on any atom is 0.311 e. The summed E-state index contributed by atoms with van der Waals surface area (Å²) in [5.41, 5.74) is -0.517. The van der Waals surface area contributed by atoms with Crippen LogP contribution in [0.2, 0.25) is 0 Å². The summed E-state index contributed by atoms with van der Waals surface area (Å²) in [5.74, 6) is -0.0489. The molecule has 2 aliphatic rings. The molecule has 1 heterocycles. The smallest absolute Gasteiger partial charge is 0.311 e. The first-order chi connectivity index (χ1) is 8.61. The van der Waals surface area contributed by atoms with Crippen molar-refractivity contribution < 1.29 is 19.2 Å². The van der Waals surface area contributed by atoms with Crippen LogP contribution < -0.4 is 5.32 Å². The highest BCUT2D eigenvalue weighted by atomic mass is 16.5. The van der Waals surface area contributed by atoms with Gasteiger partial charge in [-0.05, 0) is 25.7 Å². The molecule has 3 rings (SSSR count). The zero-order valence-electron chi connectivity index (χ0n) is 9.81. The summed E-state index contributed by atoms with van der Waals surface area (Å²) in [4.78, 5) is 22.7. The molecule has 0 aliphatic heterocycles. The SMILES string of the molecule is O=C(NCC1(C(=O)O)CC1)c1cc(C2CC2)on1. The fourth-order valence-electron chi connectivity index (χ4n) is 1.91. The molecule has 2 saturated carbocycles. The summed E-state index contributed by atoms with van der Waals surface area (Å²) in [6, 6.07) is 1.65. The van der Waals surface area contributed by atoms with Gasteiger partial charge < -0.3 is 14.9 Å². The van der Waals surface area contributed by atoms with Gasteiger partial charge in [-0.25, -0.2) is 0 Å². The van der Waals surface area contributed by atoms with E-state index in [1.54, 1.807) is 6.07 Å². The van der Waals surface area contributed by atoms with E-state index in [0.29, 0.717) is 18.8 Å². The van der Waals surface area contributed by atoms with Gasteiger partial charge in [0.25, 0.3) is 5.91 Å². The van der Waals surface area contributed by atoms with E-state index in [9.17, 15) is 9.59 Å². The van der Waals surface area contributed by atoms with Gasteiger partial charge in [-0.1, -0.05) is 5.16 Å². The predicted octanol–water partition coefficient (Wildman–Crippen LogP) is 1.15. The summed E-state index contributed by atoms with van der Waals surface area (Å²) in [6.45, 7) is 0.160. The Morgan fingerprint density at radius 3 is 2.78 bits per heavy atom. The second-order valence-corrected chi connectivity index (χ2v) is 5.16. The van der Waals surface area contributed by atoms with E-state index in [1.807, 2.05) is 0 Å².